The Balaban J connectivity index is 2.00. The van der Waals surface area contributed by atoms with Crippen LogP contribution in [0, 0.1) is 0 Å². The zero-order valence-corrected chi connectivity index (χ0v) is 11.7. The fourth-order valence-corrected chi connectivity index (χ4v) is 2.64. The third-order valence-corrected chi connectivity index (χ3v) is 3.78. The third-order valence-electron chi connectivity index (χ3n) is 3.47. The lowest BCUT2D eigenvalue weighted by molar-refractivity contribution is 0.0691. The summed E-state index contributed by atoms with van der Waals surface area (Å²) in [5.74, 6) is -0.547. The summed E-state index contributed by atoms with van der Waals surface area (Å²) in [5.41, 5.74) is -0.106. The Bertz CT molecular complexity index is 467. The highest BCUT2D eigenvalue weighted by molar-refractivity contribution is 6.33. The molecule has 0 radical (unpaired) electrons. The van der Waals surface area contributed by atoms with E-state index >= 15 is 0 Å². The van der Waals surface area contributed by atoms with E-state index in [1.807, 2.05) is 0 Å². The van der Waals surface area contributed by atoms with E-state index in [0.717, 1.165) is 19.6 Å². The molecule has 0 saturated carbocycles. The van der Waals surface area contributed by atoms with E-state index in [1.54, 1.807) is 12.1 Å². The van der Waals surface area contributed by atoms with E-state index in [9.17, 15) is 4.79 Å². The highest BCUT2D eigenvalue weighted by Crippen LogP contribution is 2.19. The van der Waals surface area contributed by atoms with E-state index in [-0.39, 0.29) is 10.7 Å². The molecule has 1 unspecified atom stereocenters. The number of carboxylic acids is 1. The molecule has 19 heavy (non-hydrogen) atoms. The number of hydrogen-bond acceptors (Lipinski definition) is 4. The summed E-state index contributed by atoms with van der Waals surface area (Å²) in [6.07, 6.45) is 2.38. The maximum absolute atomic E-state index is 10.9. The summed E-state index contributed by atoms with van der Waals surface area (Å²) in [6, 6.07) is 3.77. The molecule has 5 nitrogen and oxygen atoms in total. The number of hydrogen-bond donors (Lipinski definition) is 2. The van der Waals surface area contributed by atoms with Gasteiger partial charge in [0.1, 0.15) is 5.82 Å². The molecule has 2 rings (SSSR count). The van der Waals surface area contributed by atoms with Crippen molar-refractivity contribution in [2.24, 2.45) is 0 Å². The van der Waals surface area contributed by atoms with Gasteiger partial charge in [0.25, 0.3) is 0 Å². The van der Waals surface area contributed by atoms with Gasteiger partial charge in [-0.3, -0.25) is 4.90 Å². The Morgan fingerprint density at radius 1 is 1.63 bits per heavy atom. The Labute approximate surface area is 117 Å². The van der Waals surface area contributed by atoms with Crippen molar-refractivity contribution in [3.8, 4) is 0 Å². The number of rotatable bonds is 5. The van der Waals surface area contributed by atoms with Crippen LogP contribution in [-0.2, 0) is 0 Å². The third kappa shape index (κ3) is 3.36. The van der Waals surface area contributed by atoms with E-state index < -0.39 is 5.97 Å². The molecule has 1 aliphatic heterocycles. The quantitative estimate of drug-likeness (QED) is 0.868. The first-order chi connectivity index (χ1) is 9.11. The predicted octanol–water partition coefficient (Wildman–Crippen LogP) is 2.33. The van der Waals surface area contributed by atoms with Gasteiger partial charge in [0.2, 0.25) is 0 Å². The highest BCUT2D eigenvalue weighted by atomic mass is 35.5. The molecular formula is C13H18ClN3O2. The second-order valence-corrected chi connectivity index (χ2v) is 5.04. The van der Waals surface area contributed by atoms with Crippen molar-refractivity contribution >= 4 is 23.4 Å². The number of carbonyl (C=O) groups is 1. The minimum atomic E-state index is -1.11. The maximum Gasteiger partial charge on any atom is 0.356 e. The largest absolute Gasteiger partial charge is 0.476 e. The van der Waals surface area contributed by atoms with Crippen LogP contribution in [0.15, 0.2) is 12.1 Å². The second kappa shape index (κ2) is 6.21. The van der Waals surface area contributed by atoms with Crippen molar-refractivity contribution in [3.05, 3.63) is 22.8 Å². The van der Waals surface area contributed by atoms with Gasteiger partial charge < -0.3 is 10.4 Å². The number of aromatic carboxylic acids is 1. The number of carboxylic acid groups (broad SMARTS) is 1. The van der Waals surface area contributed by atoms with Gasteiger partial charge in [0.05, 0.1) is 5.02 Å². The van der Waals surface area contributed by atoms with Crippen LogP contribution >= 0.6 is 11.6 Å². The molecule has 0 bridgehead atoms. The molecule has 2 heterocycles. The molecular weight excluding hydrogens is 266 g/mol. The van der Waals surface area contributed by atoms with Crippen LogP contribution < -0.4 is 5.32 Å². The average molecular weight is 284 g/mol. The SMILES string of the molecule is CCN1CCCC1CNc1ccc(Cl)c(C(=O)O)n1. The molecule has 1 saturated heterocycles. The van der Waals surface area contributed by atoms with Crippen LogP contribution in [0.1, 0.15) is 30.3 Å². The highest BCUT2D eigenvalue weighted by Gasteiger charge is 2.22. The predicted molar refractivity (Wildman–Crippen MR) is 75.0 cm³/mol. The minimum absolute atomic E-state index is 0.106. The van der Waals surface area contributed by atoms with Gasteiger partial charge in [0, 0.05) is 12.6 Å². The Morgan fingerprint density at radius 3 is 3.11 bits per heavy atom. The number of nitrogens with zero attached hydrogens (tertiary/aromatic N) is 2. The van der Waals surface area contributed by atoms with E-state index in [2.05, 4.69) is 22.1 Å². The van der Waals surface area contributed by atoms with E-state index in [4.69, 9.17) is 16.7 Å². The van der Waals surface area contributed by atoms with Gasteiger partial charge in [-0.05, 0) is 38.1 Å². The van der Waals surface area contributed by atoms with Gasteiger partial charge in [-0.1, -0.05) is 18.5 Å². The molecule has 0 amide bonds. The summed E-state index contributed by atoms with van der Waals surface area (Å²) in [4.78, 5) is 17.4. The monoisotopic (exact) mass is 283 g/mol. The van der Waals surface area contributed by atoms with E-state index in [1.165, 1.54) is 12.8 Å². The molecule has 6 heteroatoms. The molecule has 0 spiro atoms. The first-order valence-corrected chi connectivity index (χ1v) is 6.87. The standard InChI is InChI=1S/C13H18ClN3O2/c1-2-17-7-3-4-9(17)8-15-11-6-5-10(14)12(16-11)13(18)19/h5-6,9H,2-4,7-8H2,1H3,(H,15,16)(H,18,19). The molecule has 0 aliphatic carbocycles. The Kier molecular flexibility index (Phi) is 4.61. The summed E-state index contributed by atoms with van der Waals surface area (Å²) in [7, 11) is 0. The van der Waals surface area contributed by atoms with Crippen molar-refractivity contribution in [1.29, 1.82) is 0 Å². The minimum Gasteiger partial charge on any atom is -0.476 e. The maximum atomic E-state index is 10.9. The van der Waals surface area contributed by atoms with Gasteiger partial charge in [-0.25, -0.2) is 9.78 Å². The van der Waals surface area contributed by atoms with Crippen LogP contribution in [0.4, 0.5) is 5.82 Å². The number of likely N-dealkylation sites (tertiary alicyclic amines) is 1. The lowest BCUT2D eigenvalue weighted by atomic mass is 10.2. The summed E-state index contributed by atoms with van der Waals surface area (Å²) >= 11 is 5.78. The topological polar surface area (TPSA) is 65.5 Å². The molecule has 0 aromatic carbocycles. The normalized spacial score (nSPS) is 19.6. The molecule has 1 fully saturated rings. The van der Waals surface area contributed by atoms with Crippen molar-refractivity contribution in [2.75, 3.05) is 25.0 Å². The number of anilines is 1. The molecule has 2 N–H and O–H groups in total. The zero-order valence-electron chi connectivity index (χ0n) is 10.9. The molecule has 1 atom stereocenters. The Hall–Kier alpha value is -1.33. The lowest BCUT2D eigenvalue weighted by Gasteiger charge is -2.23. The fraction of sp³-hybridized carbons (Fsp3) is 0.538. The van der Waals surface area contributed by atoms with Gasteiger partial charge in [-0.2, -0.15) is 0 Å². The van der Waals surface area contributed by atoms with Crippen molar-refractivity contribution in [2.45, 2.75) is 25.8 Å². The fourth-order valence-electron chi connectivity index (χ4n) is 2.46. The van der Waals surface area contributed by atoms with Gasteiger partial charge >= 0.3 is 5.97 Å². The number of pyridine rings is 1. The van der Waals surface area contributed by atoms with Crippen LogP contribution in [-0.4, -0.2) is 46.6 Å². The molecule has 1 aliphatic rings. The van der Waals surface area contributed by atoms with E-state index in [0.29, 0.717) is 11.9 Å². The summed E-state index contributed by atoms with van der Waals surface area (Å²) < 4.78 is 0. The van der Waals surface area contributed by atoms with Crippen LogP contribution in [0.25, 0.3) is 0 Å². The second-order valence-electron chi connectivity index (χ2n) is 4.64. The number of likely N-dealkylation sites (N-methyl/N-ethyl adjacent to an activating group) is 1. The molecule has 1 aromatic rings. The van der Waals surface area contributed by atoms with Crippen LogP contribution in [0.2, 0.25) is 5.02 Å². The summed E-state index contributed by atoms with van der Waals surface area (Å²) in [6.45, 7) is 5.11. The summed E-state index contributed by atoms with van der Waals surface area (Å²) in [5, 5.41) is 12.3. The lowest BCUT2D eigenvalue weighted by Crippen LogP contribution is -2.34. The van der Waals surface area contributed by atoms with Crippen molar-refractivity contribution in [3.63, 3.8) is 0 Å². The number of halogens is 1. The average Bonchev–Trinajstić information content (AvgIpc) is 2.84. The van der Waals surface area contributed by atoms with Gasteiger partial charge in [0.15, 0.2) is 5.69 Å². The van der Waals surface area contributed by atoms with Crippen LogP contribution in [0.3, 0.4) is 0 Å². The zero-order chi connectivity index (χ0) is 13.8. The number of aromatic nitrogens is 1. The van der Waals surface area contributed by atoms with Gasteiger partial charge in [-0.15, -0.1) is 0 Å². The molecule has 104 valence electrons. The van der Waals surface area contributed by atoms with Crippen LogP contribution in [0.5, 0.6) is 0 Å². The van der Waals surface area contributed by atoms with Crippen molar-refractivity contribution in [1.82, 2.24) is 9.88 Å². The molecule has 1 aromatic heterocycles. The first-order valence-electron chi connectivity index (χ1n) is 6.49. The Morgan fingerprint density at radius 2 is 2.42 bits per heavy atom. The smallest absolute Gasteiger partial charge is 0.356 e. The first kappa shape index (κ1) is 14.1. The number of nitrogens with one attached hydrogen (secondary N) is 1. The van der Waals surface area contributed by atoms with Crippen molar-refractivity contribution < 1.29 is 9.90 Å².